The first-order valence-corrected chi connectivity index (χ1v) is 6.95. The molecule has 0 aromatic heterocycles. The molecule has 6 nitrogen and oxygen atoms in total. The number of anilines is 1. The number of hydrogen-bond donors (Lipinski definition) is 1. The first-order valence-electron chi connectivity index (χ1n) is 6.95. The molecule has 0 radical (unpaired) electrons. The number of ether oxygens (including phenoxy) is 1. The van der Waals surface area contributed by atoms with Crippen molar-refractivity contribution in [2.24, 2.45) is 0 Å². The van der Waals surface area contributed by atoms with Crippen molar-refractivity contribution < 1.29 is 23.2 Å². The van der Waals surface area contributed by atoms with E-state index in [-0.39, 0.29) is 0 Å². The number of nitro groups is 1. The van der Waals surface area contributed by atoms with Crippen molar-refractivity contribution in [3.63, 3.8) is 0 Å². The summed E-state index contributed by atoms with van der Waals surface area (Å²) in [5.41, 5.74) is -0.411. The Balaban J connectivity index is 2.12. The van der Waals surface area contributed by atoms with Gasteiger partial charge >= 0.3 is 5.69 Å². The van der Waals surface area contributed by atoms with Crippen LogP contribution in [-0.2, 0) is 4.79 Å². The number of aryl methyl sites for hydroxylation is 1. The van der Waals surface area contributed by atoms with E-state index in [0.717, 1.165) is 5.56 Å². The van der Waals surface area contributed by atoms with Gasteiger partial charge in [0.15, 0.2) is 6.10 Å². The Kier molecular flexibility index (Phi) is 5.08. The SMILES string of the molecule is Cc1ccc(OC(C)C(=O)Nc2cc([N+](=O)[O-])c(F)cc2F)cc1. The molecule has 0 saturated carbocycles. The Morgan fingerprint density at radius 2 is 1.83 bits per heavy atom. The van der Waals surface area contributed by atoms with E-state index < -0.39 is 39.9 Å². The molecule has 2 aromatic rings. The van der Waals surface area contributed by atoms with Crippen molar-refractivity contribution in [2.75, 3.05) is 5.32 Å². The van der Waals surface area contributed by atoms with E-state index in [1.54, 1.807) is 24.3 Å². The van der Waals surface area contributed by atoms with E-state index in [9.17, 15) is 23.7 Å². The third-order valence-electron chi connectivity index (χ3n) is 3.19. The lowest BCUT2D eigenvalue weighted by Crippen LogP contribution is -2.30. The predicted octanol–water partition coefficient (Wildman–Crippen LogP) is 3.59. The smallest absolute Gasteiger partial charge is 0.307 e. The maximum absolute atomic E-state index is 13.7. The van der Waals surface area contributed by atoms with E-state index in [0.29, 0.717) is 17.9 Å². The van der Waals surface area contributed by atoms with Gasteiger partial charge in [0, 0.05) is 12.1 Å². The summed E-state index contributed by atoms with van der Waals surface area (Å²) in [5, 5.41) is 12.8. The third-order valence-corrected chi connectivity index (χ3v) is 3.19. The van der Waals surface area contributed by atoms with Gasteiger partial charge in [-0.05, 0) is 26.0 Å². The quantitative estimate of drug-likeness (QED) is 0.668. The second kappa shape index (κ2) is 7.03. The molecule has 1 N–H and O–H groups in total. The molecule has 0 spiro atoms. The summed E-state index contributed by atoms with van der Waals surface area (Å²) >= 11 is 0. The van der Waals surface area contributed by atoms with Crippen LogP contribution < -0.4 is 10.1 Å². The Hall–Kier alpha value is -3.03. The lowest BCUT2D eigenvalue weighted by atomic mass is 10.2. The number of nitro benzene ring substituents is 1. The summed E-state index contributed by atoms with van der Waals surface area (Å²) in [6, 6.07) is 7.90. The van der Waals surface area contributed by atoms with E-state index in [1.165, 1.54) is 6.92 Å². The summed E-state index contributed by atoms with van der Waals surface area (Å²) in [5.74, 6) is -2.72. The van der Waals surface area contributed by atoms with Gasteiger partial charge in [0.2, 0.25) is 5.82 Å². The van der Waals surface area contributed by atoms with Gasteiger partial charge in [-0.25, -0.2) is 4.39 Å². The Morgan fingerprint density at radius 1 is 1.21 bits per heavy atom. The van der Waals surface area contributed by atoms with Crippen LogP contribution in [0.4, 0.5) is 20.2 Å². The van der Waals surface area contributed by atoms with Crippen LogP contribution in [0.1, 0.15) is 12.5 Å². The fraction of sp³-hybridized carbons (Fsp3) is 0.188. The van der Waals surface area contributed by atoms with E-state index in [4.69, 9.17) is 4.74 Å². The molecular formula is C16H14F2N2O4. The van der Waals surface area contributed by atoms with Crippen LogP contribution in [0.3, 0.4) is 0 Å². The number of carbonyl (C=O) groups excluding carboxylic acids is 1. The van der Waals surface area contributed by atoms with Crippen molar-refractivity contribution >= 4 is 17.3 Å². The van der Waals surface area contributed by atoms with Crippen molar-refractivity contribution in [2.45, 2.75) is 20.0 Å². The fourth-order valence-electron chi connectivity index (χ4n) is 1.88. The molecular weight excluding hydrogens is 322 g/mol. The molecule has 0 heterocycles. The number of halogens is 2. The molecule has 8 heteroatoms. The Labute approximate surface area is 136 Å². The topological polar surface area (TPSA) is 81.5 Å². The summed E-state index contributed by atoms with van der Waals surface area (Å²) in [6.07, 6.45) is -0.990. The molecule has 24 heavy (non-hydrogen) atoms. The number of hydrogen-bond acceptors (Lipinski definition) is 4. The third kappa shape index (κ3) is 4.03. The fourth-order valence-corrected chi connectivity index (χ4v) is 1.88. The van der Waals surface area contributed by atoms with Crippen LogP contribution in [0, 0.1) is 28.7 Å². The lowest BCUT2D eigenvalue weighted by molar-refractivity contribution is -0.387. The number of carbonyl (C=O) groups is 1. The zero-order valence-electron chi connectivity index (χ0n) is 12.9. The van der Waals surface area contributed by atoms with E-state index in [2.05, 4.69) is 5.32 Å². The summed E-state index contributed by atoms with van der Waals surface area (Å²) in [4.78, 5) is 21.7. The molecule has 0 aliphatic rings. The highest BCUT2D eigenvalue weighted by Crippen LogP contribution is 2.25. The lowest BCUT2D eigenvalue weighted by Gasteiger charge is -2.15. The number of nitrogens with zero attached hydrogens (tertiary/aromatic N) is 1. The highest BCUT2D eigenvalue weighted by atomic mass is 19.1. The largest absolute Gasteiger partial charge is 0.481 e. The molecule has 1 amide bonds. The summed E-state index contributed by atoms with van der Waals surface area (Å²) < 4.78 is 32.4. The molecule has 0 saturated heterocycles. The van der Waals surface area contributed by atoms with Gasteiger partial charge < -0.3 is 10.1 Å². The molecule has 2 rings (SSSR count). The molecule has 0 aliphatic heterocycles. The highest BCUT2D eigenvalue weighted by Gasteiger charge is 2.22. The molecule has 0 aliphatic carbocycles. The van der Waals surface area contributed by atoms with Gasteiger partial charge in [0.1, 0.15) is 11.6 Å². The first kappa shape index (κ1) is 17.3. The average molecular weight is 336 g/mol. The van der Waals surface area contributed by atoms with Gasteiger partial charge in [-0.15, -0.1) is 0 Å². The van der Waals surface area contributed by atoms with E-state index in [1.807, 2.05) is 6.92 Å². The van der Waals surface area contributed by atoms with Crippen LogP contribution in [0.15, 0.2) is 36.4 Å². The van der Waals surface area contributed by atoms with Gasteiger partial charge in [-0.3, -0.25) is 14.9 Å². The summed E-state index contributed by atoms with van der Waals surface area (Å²) in [7, 11) is 0. The summed E-state index contributed by atoms with van der Waals surface area (Å²) in [6.45, 7) is 3.33. The average Bonchev–Trinajstić information content (AvgIpc) is 2.51. The zero-order valence-corrected chi connectivity index (χ0v) is 12.9. The van der Waals surface area contributed by atoms with Crippen LogP contribution >= 0.6 is 0 Å². The maximum Gasteiger partial charge on any atom is 0.307 e. The first-order chi connectivity index (χ1) is 11.3. The normalized spacial score (nSPS) is 11.7. The monoisotopic (exact) mass is 336 g/mol. The van der Waals surface area contributed by atoms with Crippen molar-refractivity contribution in [1.29, 1.82) is 0 Å². The number of benzene rings is 2. The predicted molar refractivity (Wildman–Crippen MR) is 82.9 cm³/mol. The standard InChI is InChI=1S/C16H14F2N2O4/c1-9-3-5-11(6-4-9)24-10(2)16(21)19-14-8-15(20(22)23)13(18)7-12(14)17/h3-8,10H,1-2H3,(H,19,21). The van der Waals surface area contributed by atoms with Crippen LogP contribution in [-0.4, -0.2) is 16.9 Å². The van der Waals surface area contributed by atoms with Crippen molar-refractivity contribution in [1.82, 2.24) is 0 Å². The van der Waals surface area contributed by atoms with E-state index >= 15 is 0 Å². The Bertz CT molecular complexity index is 778. The number of nitrogens with one attached hydrogen (secondary N) is 1. The molecule has 0 fully saturated rings. The minimum Gasteiger partial charge on any atom is -0.481 e. The second-order valence-electron chi connectivity index (χ2n) is 5.10. The maximum atomic E-state index is 13.7. The van der Waals surface area contributed by atoms with Gasteiger partial charge in [0.05, 0.1) is 10.6 Å². The number of amides is 1. The molecule has 1 atom stereocenters. The number of rotatable bonds is 5. The van der Waals surface area contributed by atoms with Gasteiger partial charge in [-0.1, -0.05) is 17.7 Å². The van der Waals surface area contributed by atoms with Gasteiger partial charge in [0.25, 0.3) is 5.91 Å². The molecule has 126 valence electrons. The Morgan fingerprint density at radius 3 is 2.42 bits per heavy atom. The minimum atomic E-state index is -1.32. The van der Waals surface area contributed by atoms with Crippen LogP contribution in [0.25, 0.3) is 0 Å². The highest BCUT2D eigenvalue weighted by molar-refractivity contribution is 5.94. The van der Waals surface area contributed by atoms with Crippen LogP contribution in [0.5, 0.6) is 5.75 Å². The van der Waals surface area contributed by atoms with Crippen molar-refractivity contribution in [3.05, 3.63) is 63.7 Å². The van der Waals surface area contributed by atoms with Crippen molar-refractivity contribution in [3.8, 4) is 5.75 Å². The van der Waals surface area contributed by atoms with Crippen LogP contribution in [0.2, 0.25) is 0 Å². The molecule has 2 aromatic carbocycles. The second-order valence-corrected chi connectivity index (χ2v) is 5.10. The zero-order chi connectivity index (χ0) is 17.9. The molecule has 0 bridgehead atoms. The minimum absolute atomic E-state index is 0.346. The van der Waals surface area contributed by atoms with Gasteiger partial charge in [-0.2, -0.15) is 4.39 Å². The molecule has 1 unspecified atom stereocenters.